The lowest BCUT2D eigenvalue weighted by Crippen LogP contribution is -2.19. The summed E-state index contributed by atoms with van der Waals surface area (Å²) < 4.78 is 0. The number of nitrogens with two attached hydrogens (primary N) is 1. The molecular weight excluding hydrogens is 226 g/mol. The Balaban J connectivity index is 3.21. The molecule has 3 N–H and O–H groups in total. The van der Waals surface area contributed by atoms with Crippen molar-refractivity contribution in [2.24, 2.45) is 5.73 Å². The Hall–Kier alpha value is -1.40. The van der Waals surface area contributed by atoms with Crippen LogP contribution in [0.2, 0.25) is 5.02 Å². The molecule has 1 aromatic rings. The Kier molecular flexibility index (Phi) is 3.21. The third-order valence-electron chi connectivity index (χ3n) is 1.43. The molecule has 5 nitrogen and oxygen atoms in total. The highest BCUT2D eigenvalue weighted by Crippen LogP contribution is 2.31. The molecule has 1 rings (SSSR count). The Morgan fingerprint density at radius 3 is 2.79 bits per heavy atom. The number of benzene rings is 1. The zero-order chi connectivity index (χ0) is 10.7. The average molecular weight is 232 g/mol. The highest BCUT2D eigenvalue weighted by atomic mass is 35.5. The van der Waals surface area contributed by atoms with Crippen molar-refractivity contribution in [1.29, 1.82) is 0 Å². The minimum Gasteiger partial charge on any atom is -0.376 e. The van der Waals surface area contributed by atoms with Crippen LogP contribution < -0.4 is 11.1 Å². The number of anilines is 1. The van der Waals surface area contributed by atoms with Crippen molar-refractivity contribution in [3.8, 4) is 0 Å². The van der Waals surface area contributed by atoms with E-state index in [2.05, 4.69) is 17.5 Å². The van der Waals surface area contributed by atoms with E-state index in [-0.39, 0.29) is 21.5 Å². The molecule has 0 aliphatic rings. The van der Waals surface area contributed by atoms with Crippen molar-refractivity contribution < 1.29 is 4.92 Å². The lowest BCUT2D eigenvalue weighted by molar-refractivity contribution is -0.383. The van der Waals surface area contributed by atoms with E-state index in [1.807, 2.05) is 0 Å². The van der Waals surface area contributed by atoms with Crippen molar-refractivity contribution >= 4 is 40.3 Å². The van der Waals surface area contributed by atoms with Crippen LogP contribution in [0, 0.1) is 10.1 Å². The molecule has 1 aromatic carbocycles. The molecule has 0 aliphatic carbocycles. The maximum absolute atomic E-state index is 10.6. The largest absolute Gasteiger partial charge is 0.376 e. The molecule has 0 bridgehead atoms. The van der Waals surface area contributed by atoms with Gasteiger partial charge in [0.25, 0.3) is 0 Å². The van der Waals surface area contributed by atoms with Crippen LogP contribution in [-0.2, 0) is 0 Å². The van der Waals surface area contributed by atoms with E-state index >= 15 is 0 Å². The summed E-state index contributed by atoms with van der Waals surface area (Å²) in [5.41, 5.74) is 5.15. The average Bonchev–Trinajstić information content (AvgIpc) is 2.01. The SMILES string of the molecule is NC(=S)Nc1cccc(Cl)c1[N+](=O)[O-]. The predicted molar refractivity (Wildman–Crippen MR) is 58.5 cm³/mol. The zero-order valence-corrected chi connectivity index (χ0v) is 8.43. The maximum atomic E-state index is 10.6. The van der Waals surface area contributed by atoms with Crippen LogP contribution >= 0.6 is 23.8 Å². The number of para-hydroxylation sites is 1. The smallest absolute Gasteiger partial charge is 0.311 e. The van der Waals surface area contributed by atoms with E-state index in [4.69, 9.17) is 17.3 Å². The lowest BCUT2D eigenvalue weighted by Gasteiger charge is -2.04. The zero-order valence-electron chi connectivity index (χ0n) is 6.86. The van der Waals surface area contributed by atoms with Gasteiger partial charge in [0.2, 0.25) is 0 Å². The molecule has 0 saturated carbocycles. The molecule has 0 saturated heterocycles. The van der Waals surface area contributed by atoms with Gasteiger partial charge in [0.05, 0.1) is 4.92 Å². The highest BCUT2D eigenvalue weighted by molar-refractivity contribution is 7.80. The summed E-state index contributed by atoms with van der Waals surface area (Å²) in [5, 5.41) is 13.1. The molecule has 0 unspecified atom stereocenters. The van der Waals surface area contributed by atoms with Crippen LogP contribution in [0.3, 0.4) is 0 Å². The minimum atomic E-state index is -0.594. The van der Waals surface area contributed by atoms with Crippen LogP contribution in [0.15, 0.2) is 18.2 Å². The second-order valence-corrected chi connectivity index (χ2v) is 3.23. The summed E-state index contributed by atoms with van der Waals surface area (Å²) in [5.74, 6) is 0. The molecule has 7 heteroatoms. The van der Waals surface area contributed by atoms with Crippen molar-refractivity contribution in [2.45, 2.75) is 0 Å². The summed E-state index contributed by atoms with van der Waals surface area (Å²) in [6, 6.07) is 4.46. The van der Waals surface area contributed by atoms with Crippen LogP contribution in [0.1, 0.15) is 0 Å². The van der Waals surface area contributed by atoms with Crippen LogP contribution in [-0.4, -0.2) is 10.0 Å². The molecule has 0 heterocycles. The van der Waals surface area contributed by atoms with Gasteiger partial charge in [-0.1, -0.05) is 17.7 Å². The molecule has 14 heavy (non-hydrogen) atoms. The number of nitrogens with one attached hydrogen (secondary N) is 1. The Morgan fingerprint density at radius 2 is 2.29 bits per heavy atom. The number of hydrogen-bond donors (Lipinski definition) is 2. The Morgan fingerprint density at radius 1 is 1.64 bits per heavy atom. The monoisotopic (exact) mass is 231 g/mol. The van der Waals surface area contributed by atoms with Crippen molar-refractivity contribution in [2.75, 3.05) is 5.32 Å². The quantitative estimate of drug-likeness (QED) is 0.462. The van der Waals surface area contributed by atoms with E-state index in [9.17, 15) is 10.1 Å². The van der Waals surface area contributed by atoms with Gasteiger partial charge in [-0.2, -0.15) is 0 Å². The molecule has 74 valence electrons. The van der Waals surface area contributed by atoms with Crippen LogP contribution in [0.25, 0.3) is 0 Å². The van der Waals surface area contributed by atoms with Gasteiger partial charge in [-0.15, -0.1) is 0 Å². The first-order valence-electron chi connectivity index (χ1n) is 3.51. The fourth-order valence-electron chi connectivity index (χ4n) is 0.934. The lowest BCUT2D eigenvalue weighted by atomic mass is 10.2. The summed E-state index contributed by atoms with van der Waals surface area (Å²) in [6.45, 7) is 0. The van der Waals surface area contributed by atoms with Gasteiger partial charge in [-0.05, 0) is 24.4 Å². The summed E-state index contributed by atoms with van der Waals surface area (Å²) >= 11 is 10.2. The molecular formula is C7H6ClN3O2S. The molecule has 0 atom stereocenters. The fourth-order valence-corrected chi connectivity index (χ4v) is 1.29. The van der Waals surface area contributed by atoms with Crippen molar-refractivity contribution in [3.05, 3.63) is 33.3 Å². The van der Waals surface area contributed by atoms with E-state index < -0.39 is 4.92 Å². The maximum Gasteiger partial charge on any atom is 0.311 e. The van der Waals surface area contributed by atoms with E-state index in [1.165, 1.54) is 12.1 Å². The van der Waals surface area contributed by atoms with E-state index in [0.29, 0.717) is 0 Å². The van der Waals surface area contributed by atoms with Gasteiger partial charge >= 0.3 is 5.69 Å². The molecule has 0 amide bonds. The number of rotatable bonds is 2. The molecule has 0 radical (unpaired) electrons. The van der Waals surface area contributed by atoms with Crippen LogP contribution in [0.4, 0.5) is 11.4 Å². The van der Waals surface area contributed by atoms with E-state index in [1.54, 1.807) is 6.07 Å². The third kappa shape index (κ3) is 2.30. The van der Waals surface area contributed by atoms with Gasteiger partial charge in [0.1, 0.15) is 10.7 Å². The number of nitro benzene ring substituents is 1. The topological polar surface area (TPSA) is 81.2 Å². The van der Waals surface area contributed by atoms with E-state index in [0.717, 1.165) is 0 Å². The summed E-state index contributed by atoms with van der Waals surface area (Å²) in [4.78, 5) is 10.0. The Labute approximate surface area is 90.0 Å². The molecule has 0 aliphatic heterocycles. The number of thiocarbonyl (C=S) groups is 1. The van der Waals surface area contributed by atoms with Gasteiger partial charge in [-0.25, -0.2) is 0 Å². The van der Waals surface area contributed by atoms with Gasteiger partial charge < -0.3 is 11.1 Å². The van der Waals surface area contributed by atoms with Crippen molar-refractivity contribution in [3.63, 3.8) is 0 Å². The number of nitrogens with zero attached hydrogens (tertiary/aromatic N) is 1. The van der Waals surface area contributed by atoms with Gasteiger partial charge in [-0.3, -0.25) is 10.1 Å². The fraction of sp³-hybridized carbons (Fsp3) is 0. The number of hydrogen-bond acceptors (Lipinski definition) is 3. The molecule has 0 aromatic heterocycles. The van der Waals surface area contributed by atoms with Crippen molar-refractivity contribution in [1.82, 2.24) is 0 Å². The van der Waals surface area contributed by atoms with Crippen LogP contribution in [0.5, 0.6) is 0 Å². The summed E-state index contributed by atoms with van der Waals surface area (Å²) in [7, 11) is 0. The first kappa shape index (κ1) is 10.7. The first-order chi connectivity index (χ1) is 6.52. The second kappa shape index (κ2) is 4.21. The molecule has 0 spiro atoms. The molecule has 0 fully saturated rings. The Bertz CT molecular complexity index is 397. The highest BCUT2D eigenvalue weighted by Gasteiger charge is 2.18. The summed E-state index contributed by atoms with van der Waals surface area (Å²) in [6.07, 6.45) is 0. The van der Waals surface area contributed by atoms with Gasteiger partial charge in [0, 0.05) is 0 Å². The predicted octanol–water partition coefficient (Wildman–Crippen LogP) is 1.90. The second-order valence-electron chi connectivity index (χ2n) is 2.38. The number of nitro groups is 1. The normalized spacial score (nSPS) is 9.50. The third-order valence-corrected chi connectivity index (χ3v) is 1.83. The number of halogens is 1. The standard InChI is InChI=1S/C7H6ClN3O2S/c8-4-2-1-3-5(10-7(9)14)6(4)11(12)13/h1-3H,(H3,9,10,14). The minimum absolute atomic E-state index is 0.0382. The van der Waals surface area contributed by atoms with Gasteiger partial charge in [0.15, 0.2) is 5.11 Å². The first-order valence-corrected chi connectivity index (χ1v) is 4.30.